The molecule has 0 aliphatic rings. The number of rotatable bonds is 12. The molecule has 24 heavy (non-hydrogen) atoms. The Labute approximate surface area is 145 Å². The molecule has 0 bridgehead atoms. The lowest BCUT2D eigenvalue weighted by atomic mass is 10.1. The highest BCUT2D eigenvalue weighted by Gasteiger charge is 2.03. The second kappa shape index (κ2) is 12.4. The molecule has 1 N–H and O–H groups in total. The van der Waals surface area contributed by atoms with Gasteiger partial charge in [-0.2, -0.15) is 5.10 Å². The third kappa shape index (κ3) is 7.99. The number of benzene rings is 1. The Hall–Kier alpha value is -2.04. The van der Waals surface area contributed by atoms with Gasteiger partial charge in [-0.05, 0) is 18.6 Å². The van der Waals surface area contributed by atoms with Crippen LogP contribution in [0.2, 0.25) is 0 Å². The minimum atomic E-state index is -0.0488. The van der Waals surface area contributed by atoms with E-state index < -0.39 is 0 Å². The van der Waals surface area contributed by atoms with Gasteiger partial charge in [-0.1, -0.05) is 45.4 Å². The Kier molecular flexibility index (Phi) is 10.3. The van der Waals surface area contributed by atoms with Crippen LogP contribution >= 0.6 is 0 Å². The van der Waals surface area contributed by atoms with E-state index in [0.29, 0.717) is 17.9 Å². The van der Waals surface area contributed by atoms with Crippen molar-refractivity contribution in [2.45, 2.75) is 58.3 Å². The van der Waals surface area contributed by atoms with E-state index in [1.807, 2.05) is 12.1 Å². The third-order valence-electron chi connectivity index (χ3n) is 3.84. The molecule has 0 unspecified atom stereocenters. The Morgan fingerprint density at radius 2 is 1.79 bits per heavy atom. The van der Waals surface area contributed by atoms with Gasteiger partial charge in [0.1, 0.15) is 11.5 Å². The summed E-state index contributed by atoms with van der Waals surface area (Å²) >= 11 is 0. The molecule has 0 fully saturated rings. The number of methoxy groups -OCH3 is 2. The average Bonchev–Trinajstić information content (AvgIpc) is 2.61. The van der Waals surface area contributed by atoms with E-state index in [9.17, 15) is 4.79 Å². The normalized spacial score (nSPS) is 10.8. The van der Waals surface area contributed by atoms with Crippen molar-refractivity contribution < 1.29 is 14.3 Å². The molecule has 1 aromatic carbocycles. The summed E-state index contributed by atoms with van der Waals surface area (Å²) in [6, 6.07) is 5.44. The summed E-state index contributed by atoms with van der Waals surface area (Å²) in [5, 5.41) is 4.00. The van der Waals surface area contributed by atoms with Crippen LogP contribution in [0.25, 0.3) is 0 Å². The van der Waals surface area contributed by atoms with Crippen molar-refractivity contribution in [3.05, 3.63) is 23.8 Å². The fourth-order valence-corrected chi connectivity index (χ4v) is 2.40. The standard InChI is InChI=1S/C19H30N2O3/c1-4-5-6-7-8-9-10-11-19(22)21-20-15-16-12-13-17(23-2)14-18(16)24-3/h12-15H,4-11H2,1-3H3,(H,21,22)/b20-15+. The predicted molar refractivity (Wildman–Crippen MR) is 97.9 cm³/mol. The number of nitrogens with zero attached hydrogens (tertiary/aromatic N) is 1. The van der Waals surface area contributed by atoms with E-state index in [2.05, 4.69) is 17.5 Å². The Morgan fingerprint density at radius 1 is 1.08 bits per heavy atom. The first-order valence-corrected chi connectivity index (χ1v) is 8.75. The van der Waals surface area contributed by atoms with Gasteiger partial charge < -0.3 is 9.47 Å². The van der Waals surface area contributed by atoms with Crippen molar-refractivity contribution in [3.8, 4) is 11.5 Å². The molecule has 0 spiro atoms. The van der Waals surface area contributed by atoms with Crippen LogP contribution in [0.1, 0.15) is 63.9 Å². The second-order valence-corrected chi connectivity index (χ2v) is 5.77. The minimum absolute atomic E-state index is 0.0488. The number of carbonyl (C=O) groups is 1. The van der Waals surface area contributed by atoms with Gasteiger partial charge in [0, 0.05) is 18.1 Å². The molecule has 0 aliphatic heterocycles. The zero-order valence-corrected chi connectivity index (χ0v) is 15.1. The summed E-state index contributed by atoms with van der Waals surface area (Å²) < 4.78 is 10.4. The van der Waals surface area contributed by atoms with Gasteiger partial charge in [0.15, 0.2) is 0 Å². The van der Waals surface area contributed by atoms with Crippen LogP contribution in [0, 0.1) is 0 Å². The number of ether oxygens (including phenoxy) is 2. The molecule has 0 radical (unpaired) electrons. The van der Waals surface area contributed by atoms with Crippen molar-refractivity contribution in [1.29, 1.82) is 0 Å². The molecule has 0 atom stereocenters. The smallest absolute Gasteiger partial charge is 0.240 e. The summed E-state index contributed by atoms with van der Waals surface area (Å²) in [4.78, 5) is 11.7. The molecule has 0 aromatic heterocycles. The van der Waals surface area contributed by atoms with Gasteiger partial charge >= 0.3 is 0 Å². The van der Waals surface area contributed by atoms with E-state index in [0.717, 1.165) is 18.4 Å². The maximum atomic E-state index is 11.7. The zero-order chi connectivity index (χ0) is 17.6. The molecule has 5 heteroatoms. The monoisotopic (exact) mass is 334 g/mol. The van der Waals surface area contributed by atoms with E-state index in [-0.39, 0.29) is 5.91 Å². The molecule has 1 aromatic rings. The Morgan fingerprint density at radius 3 is 2.46 bits per heavy atom. The van der Waals surface area contributed by atoms with Crippen LogP contribution in [0.4, 0.5) is 0 Å². The van der Waals surface area contributed by atoms with Crippen LogP contribution in [-0.2, 0) is 4.79 Å². The summed E-state index contributed by atoms with van der Waals surface area (Å²) in [6.07, 6.45) is 10.5. The third-order valence-corrected chi connectivity index (χ3v) is 3.84. The molecule has 5 nitrogen and oxygen atoms in total. The highest BCUT2D eigenvalue weighted by molar-refractivity contribution is 5.85. The lowest BCUT2D eigenvalue weighted by Crippen LogP contribution is -2.16. The first-order chi connectivity index (χ1) is 11.7. The fourth-order valence-electron chi connectivity index (χ4n) is 2.40. The molecule has 1 amide bonds. The van der Waals surface area contributed by atoms with Gasteiger partial charge in [0.05, 0.1) is 20.4 Å². The molecule has 1 rings (SSSR count). The number of hydrogen-bond acceptors (Lipinski definition) is 4. The Balaban J connectivity index is 2.27. The molecule has 0 saturated heterocycles. The quantitative estimate of drug-likeness (QED) is 0.352. The van der Waals surface area contributed by atoms with Crippen LogP contribution in [0.15, 0.2) is 23.3 Å². The number of hydrazone groups is 1. The summed E-state index contributed by atoms with van der Waals surface area (Å²) in [7, 11) is 3.19. The molecule has 0 saturated carbocycles. The van der Waals surface area contributed by atoms with Gasteiger partial charge in [0.25, 0.3) is 0 Å². The lowest BCUT2D eigenvalue weighted by Gasteiger charge is -2.07. The van der Waals surface area contributed by atoms with Crippen molar-refractivity contribution in [2.24, 2.45) is 5.10 Å². The molecule has 0 aliphatic carbocycles. The number of unbranched alkanes of at least 4 members (excludes halogenated alkanes) is 6. The van der Waals surface area contributed by atoms with Crippen molar-refractivity contribution in [3.63, 3.8) is 0 Å². The number of amides is 1. The summed E-state index contributed by atoms with van der Waals surface area (Å²) in [5.74, 6) is 1.32. The Bertz CT molecular complexity index is 515. The molecule has 134 valence electrons. The predicted octanol–water partition coefficient (Wildman–Crippen LogP) is 4.29. The SMILES string of the molecule is CCCCCCCCCC(=O)N/N=C/c1ccc(OC)cc1OC. The summed E-state index contributed by atoms with van der Waals surface area (Å²) in [5.41, 5.74) is 3.35. The van der Waals surface area contributed by atoms with E-state index >= 15 is 0 Å². The minimum Gasteiger partial charge on any atom is -0.497 e. The zero-order valence-electron chi connectivity index (χ0n) is 15.1. The second-order valence-electron chi connectivity index (χ2n) is 5.77. The van der Waals surface area contributed by atoms with Crippen LogP contribution in [0.5, 0.6) is 11.5 Å². The van der Waals surface area contributed by atoms with Crippen molar-refractivity contribution >= 4 is 12.1 Å². The van der Waals surface area contributed by atoms with Crippen LogP contribution < -0.4 is 14.9 Å². The topological polar surface area (TPSA) is 59.9 Å². The maximum absolute atomic E-state index is 11.7. The molecular formula is C19H30N2O3. The molecule has 0 heterocycles. The number of carbonyl (C=O) groups excluding carboxylic acids is 1. The first-order valence-electron chi connectivity index (χ1n) is 8.75. The lowest BCUT2D eigenvalue weighted by molar-refractivity contribution is -0.121. The number of hydrogen-bond donors (Lipinski definition) is 1. The van der Waals surface area contributed by atoms with E-state index in [4.69, 9.17) is 9.47 Å². The fraction of sp³-hybridized carbons (Fsp3) is 0.579. The van der Waals surface area contributed by atoms with Crippen molar-refractivity contribution in [1.82, 2.24) is 5.43 Å². The average molecular weight is 334 g/mol. The van der Waals surface area contributed by atoms with E-state index in [1.165, 1.54) is 32.1 Å². The highest BCUT2D eigenvalue weighted by Crippen LogP contribution is 2.22. The van der Waals surface area contributed by atoms with Crippen molar-refractivity contribution in [2.75, 3.05) is 14.2 Å². The maximum Gasteiger partial charge on any atom is 0.240 e. The molecular weight excluding hydrogens is 304 g/mol. The van der Waals surface area contributed by atoms with Crippen LogP contribution in [-0.4, -0.2) is 26.3 Å². The van der Waals surface area contributed by atoms with Gasteiger partial charge in [0.2, 0.25) is 5.91 Å². The van der Waals surface area contributed by atoms with Gasteiger partial charge in [-0.15, -0.1) is 0 Å². The number of nitrogens with one attached hydrogen (secondary N) is 1. The van der Waals surface area contributed by atoms with Gasteiger partial charge in [-0.25, -0.2) is 5.43 Å². The first kappa shape index (κ1) is 20.0. The highest BCUT2D eigenvalue weighted by atomic mass is 16.5. The summed E-state index contributed by atoms with van der Waals surface area (Å²) in [6.45, 7) is 2.21. The van der Waals surface area contributed by atoms with E-state index in [1.54, 1.807) is 26.5 Å². The van der Waals surface area contributed by atoms with Crippen LogP contribution in [0.3, 0.4) is 0 Å². The van der Waals surface area contributed by atoms with Gasteiger partial charge in [-0.3, -0.25) is 4.79 Å². The largest absolute Gasteiger partial charge is 0.497 e.